The van der Waals surface area contributed by atoms with Crippen molar-refractivity contribution in [1.29, 1.82) is 0 Å². The number of hydrogen-bond acceptors (Lipinski definition) is 10. The van der Waals surface area contributed by atoms with Gasteiger partial charge < -0.3 is 25.2 Å². The molecule has 47 heavy (non-hydrogen) atoms. The molecule has 4 aromatic rings. The lowest BCUT2D eigenvalue weighted by Crippen LogP contribution is -2.42. The van der Waals surface area contributed by atoms with E-state index in [2.05, 4.69) is 37.0 Å². The Kier molecular flexibility index (Phi) is 7.16. The Morgan fingerprint density at radius 3 is 2.70 bits per heavy atom. The number of ether oxygens (including phenoxy) is 1. The fourth-order valence-corrected chi connectivity index (χ4v) is 7.30. The molecule has 3 N–H and O–H groups in total. The smallest absolute Gasteiger partial charge is 0.235 e. The summed E-state index contributed by atoms with van der Waals surface area (Å²) in [5, 5.41) is 15.4. The SMILES string of the molecule is CC1COc2cc(Nc3nc(N4CCC(Nc5ccc6c(C7CCC(=O)NC7=O)nn(C)c6c5)CC4)ncc3Cl)cc3c2N1C(=O)C3. The molecule has 0 radical (unpaired) electrons. The molecule has 0 aliphatic carbocycles. The predicted molar refractivity (Wildman–Crippen MR) is 178 cm³/mol. The second-order valence-corrected chi connectivity index (χ2v) is 13.1. The molecule has 4 aliphatic heterocycles. The van der Waals surface area contributed by atoms with Gasteiger partial charge in [0.15, 0.2) is 5.82 Å². The van der Waals surface area contributed by atoms with Crippen LogP contribution in [0.25, 0.3) is 10.9 Å². The van der Waals surface area contributed by atoms with E-state index in [-0.39, 0.29) is 29.8 Å². The molecule has 2 fully saturated rings. The Morgan fingerprint density at radius 2 is 1.89 bits per heavy atom. The van der Waals surface area contributed by atoms with Crippen molar-refractivity contribution >= 4 is 69.1 Å². The van der Waals surface area contributed by atoms with Crippen molar-refractivity contribution in [3.05, 3.63) is 52.8 Å². The van der Waals surface area contributed by atoms with Crippen LogP contribution in [-0.4, -0.2) is 69.3 Å². The van der Waals surface area contributed by atoms with Crippen LogP contribution in [0.1, 0.15) is 49.8 Å². The number of carbonyl (C=O) groups excluding carboxylic acids is 3. The van der Waals surface area contributed by atoms with E-state index >= 15 is 0 Å². The Hall–Kier alpha value is -4.91. The van der Waals surface area contributed by atoms with Gasteiger partial charge in [0.25, 0.3) is 0 Å². The quantitative estimate of drug-likeness (QED) is 0.260. The van der Waals surface area contributed by atoms with Crippen molar-refractivity contribution in [2.75, 3.05) is 40.1 Å². The molecule has 2 unspecified atom stereocenters. The van der Waals surface area contributed by atoms with Crippen LogP contribution in [0.15, 0.2) is 36.5 Å². The lowest BCUT2D eigenvalue weighted by Gasteiger charge is -2.33. The minimum Gasteiger partial charge on any atom is -0.489 e. The second kappa shape index (κ2) is 11.4. The van der Waals surface area contributed by atoms with Crippen LogP contribution < -0.4 is 30.5 Å². The van der Waals surface area contributed by atoms with Crippen molar-refractivity contribution in [2.45, 2.75) is 57.0 Å². The monoisotopic (exact) mass is 655 g/mol. The number of hydrogen-bond donors (Lipinski definition) is 3. The van der Waals surface area contributed by atoms with E-state index in [4.69, 9.17) is 21.3 Å². The molecule has 14 heteroatoms. The number of benzene rings is 2. The number of anilines is 5. The molecule has 13 nitrogen and oxygen atoms in total. The highest BCUT2D eigenvalue weighted by Crippen LogP contribution is 2.44. The van der Waals surface area contributed by atoms with Crippen LogP contribution in [-0.2, 0) is 27.9 Å². The van der Waals surface area contributed by atoms with Crippen molar-refractivity contribution < 1.29 is 19.1 Å². The molecule has 2 saturated heterocycles. The summed E-state index contributed by atoms with van der Waals surface area (Å²) >= 11 is 6.53. The molecule has 0 spiro atoms. The number of aryl methyl sites for hydroxylation is 1. The Morgan fingerprint density at radius 1 is 1.06 bits per heavy atom. The molecule has 0 saturated carbocycles. The Balaban J connectivity index is 0.931. The zero-order valence-electron chi connectivity index (χ0n) is 26.0. The van der Waals surface area contributed by atoms with Crippen LogP contribution in [0, 0.1) is 0 Å². The number of nitrogens with one attached hydrogen (secondary N) is 3. The Bertz CT molecular complexity index is 1950. The summed E-state index contributed by atoms with van der Waals surface area (Å²) in [5.74, 6) is 0.924. The largest absolute Gasteiger partial charge is 0.489 e. The second-order valence-electron chi connectivity index (χ2n) is 12.7. The third-order valence-corrected chi connectivity index (χ3v) is 9.79. The lowest BCUT2D eigenvalue weighted by atomic mass is 9.93. The van der Waals surface area contributed by atoms with E-state index in [9.17, 15) is 14.4 Å². The van der Waals surface area contributed by atoms with E-state index in [0.29, 0.717) is 54.1 Å². The maximum atomic E-state index is 12.6. The maximum Gasteiger partial charge on any atom is 0.235 e. The standard InChI is InChI=1S/C33H34ClN9O4/c1-17-16-47-26-14-21(11-18-12-28(45)43(17)30(18)26)37-31-24(34)15-35-33(39-31)42-9-7-19(8-10-42)36-20-3-4-22-25(13-20)41(2)40-29(22)23-5-6-27(44)38-32(23)46/h3-4,11,13-15,17,19,23,36H,5-10,12,16H2,1-2H3,(H,35,37,39)(H,38,44,46). The summed E-state index contributed by atoms with van der Waals surface area (Å²) in [5.41, 5.74) is 5.17. The first kappa shape index (κ1) is 29.5. The summed E-state index contributed by atoms with van der Waals surface area (Å²) < 4.78 is 7.77. The highest BCUT2D eigenvalue weighted by atomic mass is 35.5. The summed E-state index contributed by atoms with van der Waals surface area (Å²) in [6, 6.07) is 10.2. The van der Waals surface area contributed by atoms with Gasteiger partial charge in [0.2, 0.25) is 23.7 Å². The fourth-order valence-electron chi connectivity index (χ4n) is 7.16. The molecule has 4 aliphatic rings. The summed E-state index contributed by atoms with van der Waals surface area (Å²) in [7, 11) is 1.87. The van der Waals surface area contributed by atoms with Gasteiger partial charge in [-0.25, -0.2) is 4.98 Å². The highest BCUT2D eigenvalue weighted by Gasteiger charge is 2.38. The van der Waals surface area contributed by atoms with Gasteiger partial charge in [0, 0.05) is 55.4 Å². The van der Waals surface area contributed by atoms with Crippen LogP contribution in [0.2, 0.25) is 5.02 Å². The van der Waals surface area contributed by atoms with E-state index in [1.165, 1.54) is 0 Å². The fraction of sp³-hybridized carbons (Fsp3) is 0.394. The van der Waals surface area contributed by atoms with Crippen molar-refractivity contribution in [3.63, 3.8) is 0 Å². The van der Waals surface area contributed by atoms with Gasteiger partial charge in [0.05, 0.1) is 41.5 Å². The molecule has 2 aromatic carbocycles. The first-order chi connectivity index (χ1) is 22.7. The van der Waals surface area contributed by atoms with Crippen LogP contribution in [0.5, 0.6) is 5.75 Å². The van der Waals surface area contributed by atoms with Gasteiger partial charge in [-0.15, -0.1) is 0 Å². The minimum atomic E-state index is -0.430. The normalized spacial score (nSPS) is 21.1. The number of rotatable bonds is 6. The number of carbonyl (C=O) groups is 3. The Labute approximate surface area is 275 Å². The zero-order chi connectivity index (χ0) is 32.4. The molecule has 3 amide bonds. The number of imide groups is 1. The molecular formula is C33H34ClN9O4. The van der Waals surface area contributed by atoms with E-state index in [1.807, 2.05) is 43.1 Å². The highest BCUT2D eigenvalue weighted by molar-refractivity contribution is 6.33. The number of amides is 3. The number of halogens is 1. The molecule has 2 aromatic heterocycles. The molecular weight excluding hydrogens is 622 g/mol. The van der Waals surface area contributed by atoms with Crippen molar-refractivity contribution in [1.82, 2.24) is 25.1 Å². The lowest BCUT2D eigenvalue weighted by molar-refractivity contribution is -0.134. The first-order valence-electron chi connectivity index (χ1n) is 15.9. The predicted octanol–water partition coefficient (Wildman–Crippen LogP) is 4.03. The van der Waals surface area contributed by atoms with Gasteiger partial charge in [-0.05, 0) is 56.0 Å². The third-order valence-electron chi connectivity index (χ3n) is 9.52. The number of piperidine rings is 2. The molecule has 6 heterocycles. The van der Waals surface area contributed by atoms with E-state index < -0.39 is 5.92 Å². The van der Waals surface area contributed by atoms with Gasteiger partial charge in [-0.3, -0.25) is 24.4 Å². The zero-order valence-corrected chi connectivity index (χ0v) is 26.8. The summed E-state index contributed by atoms with van der Waals surface area (Å²) in [4.78, 5) is 50.1. The number of nitrogens with zero attached hydrogens (tertiary/aromatic N) is 6. The van der Waals surface area contributed by atoms with Gasteiger partial charge >= 0.3 is 0 Å². The van der Waals surface area contributed by atoms with Crippen molar-refractivity contribution in [3.8, 4) is 5.75 Å². The minimum absolute atomic E-state index is 0.0121. The number of aromatic nitrogens is 4. The van der Waals surface area contributed by atoms with Crippen molar-refractivity contribution in [2.24, 2.45) is 7.05 Å². The van der Waals surface area contributed by atoms with Crippen LogP contribution in [0.4, 0.5) is 28.8 Å². The third kappa shape index (κ3) is 5.28. The average molecular weight is 656 g/mol. The van der Waals surface area contributed by atoms with E-state index in [1.54, 1.807) is 10.9 Å². The average Bonchev–Trinajstić information content (AvgIpc) is 3.56. The molecule has 8 rings (SSSR count). The maximum absolute atomic E-state index is 12.6. The molecule has 242 valence electrons. The van der Waals surface area contributed by atoms with Gasteiger partial charge in [-0.1, -0.05) is 11.6 Å². The van der Waals surface area contributed by atoms with Crippen LogP contribution >= 0.6 is 11.6 Å². The van der Waals surface area contributed by atoms with Gasteiger partial charge in [0.1, 0.15) is 17.4 Å². The molecule has 2 atom stereocenters. The van der Waals surface area contributed by atoms with E-state index in [0.717, 1.165) is 59.5 Å². The number of fused-ring (bicyclic) bond motifs is 1. The summed E-state index contributed by atoms with van der Waals surface area (Å²) in [6.07, 6.45) is 4.51. The topological polar surface area (TPSA) is 147 Å². The molecule has 0 bridgehead atoms. The van der Waals surface area contributed by atoms with Gasteiger partial charge in [-0.2, -0.15) is 10.1 Å². The first-order valence-corrected chi connectivity index (χ1v) is 16.3. The van der Waals surface area contributed by atoms with Crippen LogP contribution in [0.3, 0.4) is 0 Å². The summed E-state index contributed by atoms with van der Waals surface area (Å²) in [6.45, 7) is 3.97.